The molecule has 0 spiro atoms. The normalized spacial score (nSPS) is 34.0. The van der Waals surface area contributed by atoms with Crippen LogP contribution in [0.5, 0.6) is 0 Å². The number of rotatable bonds is 4. The molecule has 4 heteroatoms. The zero-order chi connectivity index (χ0) is 14.4. The molecule has 3 nitrogen and oxygen atoms in total. The van der Waals surface area contributed by atoms with Gasteiger partial charge in [-0.15, -0.1) is 0 Å². The Morgan fingerprint density at radius 3 is 2.16 bits per heavy atom. The van der Waals surface area contributed by atoms with Gasteiger partial charge in [-0.25, -0.2) is 0 Å². The fourth-order valence-corrected chi connectivity index (χ4v) is 4.45. The van der Waals surface area contributed by atoms with Crippen LogP contribution < -0.4 is 0 Å². The molecular weight excluding hydrogens is 256 g/mol. The van der Waals surface area contributed by atoms with Crippen molar-refractivity contribution in [1.82, 2.24) is 0 Å². The molecule has 0 saturated heterocycles. The predicted octanol–water partition coefficient (Wildman–Crippen LogP) is 3.60. The van der Waals surface area contributed by atoms with E-state index < -0.39 is 8.32 Å². The largest absolute Gasteiger partial charge is 0.466 e. The highest BCUT2D eigenvalue weighted by molar-refractivity contribution is 6.74. The number of carbonyl (C=O) groups is 1. The number of ether oxygens (including phenoxy) is 1. The summed E-state index contributed by atoms with van der Waals surface area (Å²) in [6, 6.07) is 0. The van der Waals surface area contributed by atoms with Crippen LogP contribution in [-0.4, -0.2) is 27.0 Å². The van der Waals surface area contributed by atoms with Gasteiger partial charge in [-0.2, -0.15) is 0 Å². The zero-order valence-corrected chi connectivity index (χ0v) is 14.2. The van der Waals surface area contributed by atoms with Crippen LogP contribution in [0.15, 0.2) is 0 Å². The summed E-state index contributed by atoms with van der Waals surface area (Å²) < 4.78 is 11.6. The van der Waals surface area contributed by atoms with E-state index in [2.05, 4.69) is 33.9 Å². The van der Waals surface area contributed by atoms with Crippen molar-refractivity contribution < 1.29 is 14.0 Å². The third kappa shape index (κ3) is 2.89. The van der Waals surface area contributed by atoms with Crippen LogP contribution in [0.4, 0.5) is 0 Å². The van der Waals surface area contributed by atoms with Crippen LogP contribution in [0.1, 0.15) is 40.5 Å². The highest BCUT2D eigenvalue weighted by Gasteiger charge is 2.61. The maximum Gasteiger partial charge on any atom is 0.309 e. The number of carbonyl (C=O) groups excluding carboxylic acids is 1. The summed E-state index contributed by atoms with van der Waals surface area (Å²) >= 11 is 0. The molecule has 0 bridgehead atoms. The molecule has 0 aromatic rings. The SMILES string of the molecule is CCOC(=O)C1[C@H]2CC(O[Si](C)(C)C(C)(C)C)C[C@@H]12. The molecule has 2 saturated carbocycles. The topological polar surface area (TPSA) is 35.5 Å². The average Bonchev–Trinajstić information content (AvgIpc) is 2.75. The van der Waals surface area contributed by atoms with Crippen molar-refractivity contribution in [3.8, 4) is 0 Å². The van der Waals surface area contributed by atoms with Crippen LogP contribution in [0.25, 0.3) is 0 Å². The molecule has 4 atom stereocenters. The number of fused-ring (bicyclic) bond motifs is 1. The van der Waals surface area contributed by atoms with E-state index in [4.69, 9.17) is 9.16 Å². The fraction of sp³-hybridized carbons (Fsp3) is 0.933. The maximum atomic E-state index is 11.7. The van der Waals surface area contributed by atoms with Crippen molar-refractivity contribution in [1.29, 1.82) is 0 Å². The monoisotopic (exact) mass is 284 g/mol. The Morgan fingerprint density at radius 2 is 1.74 bits per heavy atom. The summed E-state index contributed by atoms with van der Waals surface area (Å²) in [5, 5.41) is 0.264. The van der Waals surface area contributed by atoms with Crippen LogP contribution in [-0.2, 0) is 14.0 Å². The van der Waals surface area contributed by atoms with Gasteiger partial charge in [0.25, 0.3) is 0 Å². The Balaban J connectivity index is 1.83. The van der Waals surface area contributed by atoms with E-state index in [0.717, 1.165) is 12.8 Å². The second-order valence-corrected chi connectivity index (χ2v) is 12.3. The molecule has 2 rings (SSSR count). The molecule has 2 aliphatic rings. The molecule has 2 aliphatic carbocycles. The maximum absolute atomic E-state index is 11.7. The molecule has 0 heterocycles. The molecule has 0 radical (unpaired) electrons. The molecule has 0 amide bonds. The van der Waals surface area contributed by atoms with Crippen LogP contribution in [0.2, 0.25) is 18.1 Å². The van der Waals surface area contributed by atoms with Crippen molar-refractivity contribution in [2.75, 3.05) is 6.61 Å². The number of esters is 1. The van der Waals surface area contributed by atoms with Crippen LogP contribution in [0, 0.1) is 17.8 Å². The minimum absolute atomic E-state index is 0.0169. The van der Waals surface area contributed by atoms with Crippen molar-refractivity contribution in [3.63, 3.8) is 0 Å². The third-order valence-electron chi connectivity index (χ3n) is 5.23. The molecule has 19 heavy (non-hydrogen) atoms. The average molecular weight is 284 g/mol. The van der Waals surface area contributed by atoms with Gasteiger partial charge < -0.3 is 9.16 Å². The molecule has 2 fully saturated rings. The van der Waals surface area contributed by atoms with Gasteiger partial charge in [0.15, 0.2) is 8.32 Å². The summed E-state index contributed by atoms with van der Waals surface area (Å²) in [6.07, 6.45) is 2.49. The summed E-state index contributed by atoms with van der Waals surface area (Å²) in [5.41, 5.74) is 0. The Bertz CT molecular complexity index is 347. The number of hydrogen-bond donors (Lipinski definition) is 0. The Kier molecular flexibility index (Phi) is 3.87. The molecule has 0 aromatic carbocycles. The lowest BCUT2D eigenvalue weighted by Crippen LogP contribution is -2.43. The Morgan fingerprint density at radius 1 is 1.21 bits per heavy atom. The third-order valence-corrected chi connectivity index (χ3v) is 9.76. The van der Waals surface area contributed by atoms with Gasteiger partial charge in [-0.3, -0.25) is 4.79 Å². The Labute approximate surface area is 118 Å². The highest BCUT2D eigenvalue weighted by atomic mass is 28.4. The van der Waals surface area contributed by atoms with Crippen molar-refractivity contribution in [2.45, 2.75) is 64.8 Å². The fourth-order valence-electron chi connectivity index (χ4n) is 3.07. The number of hydrogen-bond acceptors (Lipinski definition) is 3. The second kappa shape index (κ2) is 4.88. The summed E-state index contributed by atoms with van der Waals surface area (Å²) in [4.78, 5) is 11.7. The first kappa shape index (κ1) is 15.0. The van der Waals surface area contributed by atoms with E-state index >= 15 is 0 Å². The lowest BCUT2D eigenvalue weighted by atomic mass is 10.1. The zero-order valence-electron chi connectivity index (χ0n) is 13.2. The minimum atomic E-state index is -1.66. The van der Waals surface area contributed by atoms with E-state index in [1.54, 1.807) is 0 Å². The molecule has 0 N–H and O–H groups in total. The van der Waals surface area contributed by atoms with Crippen LogP contribution in [0.3, 0.4) is 0 Å². The van der Waals surface area contributed by atoms with E-state index in [1.807, 2.05) is 6.92 Å². The lowest BCUT2D eigenvalue weighted by Gasteiger charge is -2.39. The van der Waals surface area contributed by atoms with Gasteiger partial charge in [-0.05, 0) is 49.7 Å². The summed E-state index contributed by atoms with van der Waals surface area (Å²) in [5.74, 6) is 1.27. The summed E-state index contributed by atoms with van der Waals surface area (Å²) in [6.45, 7) is 13.8. The molecule has 0 aliphatic heterocycles. The van der Waals surface area contributed by atoms with Crippen molar-refractivity contribution in [3.05, 3.63) is 0 Å². The second-order valence-electron chi connectivity index (χ2n) is 7.58. The van der Waals surface area contributed by atoms with Crippen molar-refractivity contribution >= 4 is 14.3 Å². The smallest absolute Gasteiger partial charge is 0.309 e. The summed E-state index contributed by atoms with van der Waals surface area (Å²) in [7, 11) is -1.66. The van der Waals surface area contributed by atoms with Crippen molar-refractivity contribution in [2.24, 2.45) is 17.8 Å². The van der Waals surface area contributed by atoms with Gasteiger partial charge in [0.05, 0.1) is 12.5 Å². The first-order chi connectivity index (χ1) is 8.67. The highest BCUT2D eigenvalue weighted by Crippen LogP contribution is 2.59. The van der Waals surface area contributed by atoms with Crippen LogP contribution >= 0.6 is 0 Å². The first-order valence-corrected chi connectivity index (χ1v) is 10.4. The molecule has 110 valence electrons. The predicted molar refractivity (Wildman–Crippen MR) is 78.4 cm³/mol. The van der Waals surface area contributed by atoms with Gasteiger partial charge in [0.2, 0.25) is 0 Å². The van der Waals surface area contributed by atoms with Gasteiger partial charge in [0, 0.05) is 6.10 Å². The van der Waals surface area contributed by atoms with Gasteiger partial charge in [0.1, 0.15) is 0 Å². The minimum Gasteiger partial charge on any atom is -0.466 e. The van der Waals surface area contributed by atoms with E-state index in [0.29, 0.717) is 24.5 Å². The van der Waals surface area contributed by atoms with E-state index in [-0.39, 0.29) is 16.9 Å². The Hall–Kier alpha value is -0.353. The van der Waals surface area contributed by atoms with E-state index in [1.165, 1.54) is 0 Å². The quantitative estimate of drug-likeness (QED) is 0.584. The van der Waals surface area contributed by atoms with Gasteiger partial charge in [-0.1, -0.05) is 20.8 Å². The van der Waals surface area contributed by atoms with Gasteiger partial charge >= 0.3 is 5.97 Å². The standard InChI is InChI=1S/C15H28O3Si/c1-7-17-14(16)13-11-8-10(9-12(11)13)18-19(5,6)15(2,3)4/h10-13H,7-9H2,1-6H3/t10?,11-,12+,13?. The lowest BCUT2D eigenvalue weighted by molar-refractivity contribution is -0.145. The molecule has 2 unspecified atom stereocenters. The first-order valence-electron chi connectivity index (χ1n) is 7.52. The molecule has 0 aromatic heterocycles. The van der Waals surface area contributed by atoms with E-state index in [9.17, 15) is 4.79 Å². The molecular formula is C15H28O3Si.